The Morgan fingerprint density at radius 2 is 0.733 bits per heavy atom. The van der Waals surface area contributed by atoms with Crippen molar-refractivity contribution in [1.29, 1.82) is 0 Å². The molecule has 756 valence electrons. The Labute approximate surface area is 808 Å². The molecule has 0 aromatic carbocycles. The fourth-order valence-corrected chi connectivity index (χ4v) is 21.9. The second kappa shape index (κ2) is 49.0. The maximum absolute atomic E-state index is 11.1. The molecule has 0 radical (unpaired) electrons. The summed E-state index contributed by atoms with van der Waals surface area (Å²) in [6.07, 6.45) is 43.3. The van der Waals surface area contributed by atoms with Crippen LogP contribution >= 0.6 is 57.2 Å². The highest BCUT2D eigenvalue weighted by Gasteiger charge is 2.51. The number of hydrogen-bond donors (Lipinski definition) is 15. The normalized spacial score (nSPS) is 31.4. The third-order valence-corrected chi connectivity index (χ3v) is 32.9. The fraction of sp³-hybridized carbons (Fsp3) is 0.565. The first-order valence-corrected chi connectivity index (χ1v) is 63.6. The van der Waals surface area contributed by atoms with Gasteiger partial charge in [-0.15, -0.1) is 79.1 Å². The lowest BCUT2D eigenvalue weighted by Crippen LogP contribution is -2.43. The molecule has 5 saturated heterocycles. The summed E-state index contributed by atoms with van der Waals surface area (Å²) in [5, 5.41) is 98.2. The molecule has 5 fully saturated rings. The number of amides is 2. The summed E-state index contributed by atoms with van der Waals surface area (Å²) >= 11 is 3.53. The lowest BCUT2D eigenvalue weighted by atomic mass is 10.00. The zero-order valence-electron chi connectivity index (χ0n) is 81.6. The average Bonchev–Trinajstić information content (AvgIpc) is 1.66. The van der Waals surface area contributed by atoms with Gasteiger partial charge in [-0.1, -0.05) is 68.4 Å². The van der Waals surface area contributed by atoms with E-state index in [1.807, 2.05) is 24.1 Å². The number of alkyl halides is 1. The molecule has 12 aliphatic rings. The van der Waals surface area contributed by atoms with Crippen LogP contribution < -0.4 is 33.6 Å². The van der Waals surface area contributed by atoms with E-state index in [2.05, 4.69) is 214 Å². The number of nitrogens with one attached hydrogen (secondary N) is 2. The number of nitrogens with zero attached hydrogens (tertiary/aromatic N) is 12. The van der Waals surface area contributed by atoms with E-state index in [1.165, 1.54) is 25.9 Å². The molecule has 0 spiro atoms. The first-order valence-electron chi connectivity index (χ1n) is 44.3. The van der Waals surface area contributed by atoms with Crippen molar-refractivity contribution in [3.8, 4) is 0 Å². The van der Waals surface area contributed by atoms with Crippen LogP contribution in [-0.2, 0) is 42.7 Å². The van der Waals surface area contributed by atoms with Gasteiger partial charge < -0.3 is 142 Å². The molecule has 0 aromatic heterocycles. The number of hydrogen-bond acceptors (Lipinski definition) is 34. The lowest BCUT2D eigenvalue weighted by molar-refractivity contribution is -0.118. The quantitative estimate of drug-likeness (QED) is 0.0293. The van der Waals surface area contributed by atoms with E-state index >= 15 is 0 Å². The van der Waals surface area contributed by atoms with Gasteiger partial charge in [0, 0.05) is 57.9 Å². The highest BCUT2D eigenvalue weighted by atomic mass is 79.9. The van der Waals surface area contributed by atoms with Gasteiger partial charge in [0.1, 0.15) is 119 Å². The van der Waals surface area contributed by atoms with Gasteiger partial charge in [0.15, 0.2) is 36.5 Å². The molecule has 2 amide bonds. The highest BCUT2D eigenvalue weighted by Crippen LogP contribution is 2.47. The standard InChI is InChI=1S/C17H28N3O4P.C16H26N3O4P.C15H26N3O4P.C15H26N3O2P.C15H24N3O2P.C14H23BrN3O2P/c1-11-18-14(19-12(2)21)7-9-20(11)17-16(23-3)15(22)13(24-17)8-10-25(4,5)6;1-10-17-13(18-11(2)20)6-8-19(10)16-15(22)14(21)12(23-16)7-9-24(3,4)5;1-9-17-14(16)11(21-2)8-18(9)15-13(20)12(19)10(22-15)6-7-23(3,4)5;1-10-14(19)12(7-9-21(3,4)5)20-15(10)18-8-6-13(16)17-11(18)2;1-10-17-13(16)5-7-18(10)12-9-11(14(19)15(12)20)6-8-21(2,3)4;1-9-17-11(16)5-7-18(9)14-12(15)13(19)10(20-14)6-8-21(2,3)4/h7,9,13,15-17,22H,1,4,8,10H2,2-3,5-6H3,(H,18,19,21);6,8,12,14-16,21-22H,1,3,7,9H2,2,4-5H3,(H,17,18,20);8,10,12-13,15,19-20H,1,3,6-7H2,2,4-5H3,(H2,16,17);6,8,10,12,14-15,19H,2-3,7,9H2,1,4-5H3,(H2,16,17);5,7,9,12,14-15,19-20H,1-2,6,8H2,3-4H3,(H2,16,17);5,7,10,12-14,19H,1-2,6,8H2,3-4H3,(H2,16,17)/t13-,15-,16-,17-;12-,14-,15-,16-;10-,12-,13-,15-;10-,12-,14+,15-;12-,14-,15+;10-,12-,13-,14-/m111111/s1. The summed E-state index contributed by atoms with van der Waals surface area (Å²) in [7, 11) is 3.03. The van der Waals surface area contributed by atoms with Gasteiger partial charge in [0.05, 0.1) is 66.9 Å². The summed E-state index contributed by atoms with van der Waals surface area (Å²) in [5.74, 6) is 4.73. The van der Waals surface area contributed by atoms with E-state index in [4.69, 9.17) is 56.1 Å². The molecule has 1 aliphatic carbocycles. The number of nitrogens with two attached hydrogens (primary N) is 4. The van der Waals surface area contributed by atoms with Gasteiger partial charge in [-0.2, -0.15) is 0 Å². The van der Waals surface area contributed by atoms with Crippen LogP contribution in [0.25, 0.3) is 0 Å². The fourth-order valence-electron chi connectivity index (χ4n) is 15.6. The minimum Gasteiger partial charge on any atom is -0.491 e. The summed E-state index contributed by atoms with van der Waals surface area (Å²) in [6.45, 7) is 46.8. The van der Waals surface area contributed by atoms with Crippen LogP contribution in [0.4, 0.5) is 0 Å². The summed E-state index contributed by atoms with van der Waals surface area (Å²) in [6, 6.07) is -0.359. The monoisotopic (exact) mass is 2060 g/mol. The van der Waals surface area contributed by atoms with Crippen molar-refractivity contribution in [2.45, 2.75) is 193 Å². The molecule has 19 N–H and O–H groups in total. The van der Waals surface area contributed by atoms with E-state index in [9.17, 15) is 55.5 Å². The van der Waals surface area contributed by atoms with E-state index in [1.54, 1.807) is 88.1 Å². The maximum Gasteiger partial charge on any atom is 0.222 e. The minimum absolute atomic E-state index is 0.0165. The summed E-state index contributed by atoms with van der Waals surface area (Å²) in [5.41, 5.74) is 23.5. The zero-order chi connectivity index (χ0) is 102. The first kappa shape index (κ1) is 115. The van der Waals surface area contributed by atoms with Crippen LogP contribution in [0.1, 0.15) is 59.3 Å². The van der Waals surface area contributed by atoms with Crippen LogP contribution in [0.2, 0.25) is 0 Å². The minimum atomic E-state index is -1.23. The van der Waals surface area contributed by atoms with E-state index in [-0.39, 0.29) is 65.2 Å². The van der Waals surface area contributed by atoms with Crippen molar-refractivity contribution in [2.75, 3.05) is 131 Å². The second-order valence-electron chi connectivity index (χ2n) is 39.3. The maximum atomic E-state index is 11.1. The first-order chi connectivity index (χ1) is 62.4. The number of rotatable bonds is 26. The Balaban J connectivity index is 0.000000221. The number of aliphatic hydroxyl groups is 9. The molecule has 0 unspecified atom stereocenters. The predicted molar refractivity (Wildman–Crippen MR) is 570 cm³/mol. The van der Waals surface area contributed by atoms with Crippen LogP contribution in [0.3, 0.4) is 0 Å². The van der Waals surface area contributed by atoms with Crippen LogP contribution in [0.15, 0.2) is 189 Å². The molecule has 0 saturated carbocycles. The average molecular weight is 2070 g/mol. The van der Waals surface area contributed by atoms with Gasteiger partial charge in [-0.05, 0) is 191 Å². The van der Waals surface area contributed by atoms with Crippen LogP contribution in [0.5, 0.6) is 0 Å². The molecule has 0 bridgehead atoms. The number of ether oxygens (including phenoxy) is 7. The third-order valence-electron chi connectivity index (χ3n) is 23.1. The number of aliphatic hydroxyl groups excluding tert-OH is 9. The van der Waals surface area contributed by atoms with Crippen molar-refractivity contribution in [3.63, 3.8) is 0 Å². The van der Waals surface area contributed by atoms with Crippen molar-refractivity contribution < 1.29 is 88.7 Å². The van der Waals surface area contributed by atoms with Crippen molar-refractivity contribution in [1.82, 2.24) is 40.0 Å². The number of carbonyl (C=O) groups is 2. The predicted octanol–water partition coefficient (Wildman–Crippen LogP) is 5.39. The van der Waals surface area contributed by atoms with E-state index in [0.717, 1.165) is 68.2 Å². The Bertz CT molecular complexity index is 4960. The lowest BCUT2D eigenvalue weighted by Gasteiger charge is -2.32. The molecule has 11 aliphatic heterocycles. The molecule has 135 heavy (non-hydrogen) atoms. The second-order valence-corrected chi connectivity index (χ2v) is 66.2. The molecule has 43 heteroatoms. The largest absolute Gasteiger partial charge is 0.491 e. The summed E-state index contributed by atoms with van der Waals surface area (Å²) in [4.78, 5) is 57.1. The number of aliphatic imine (C=N–C) groups is 6. The molecule has 36 nitrogen and oxygen atoms in total. The van der Waals surface area contributed by atoms with Gasteiger partial charge in [-0.25, -0.2) is 30.0 Å². The summed E-state index contributed by atoms with van der Waals surface area (Å²) < 4.78 is 40.5. The molecule has 11 heterocycles. The molecule has 12 rings (SSSR count). The van der Waals surface area contributed by atoms with Crippen molar-refractivity contribution in [3.05, 3.63) is 159 Å². The Hall–Kier alpha value is -6.94. The van der Waals surface area contributed by atoms with Gasteiger partial charge in [-0.3, -0.25) is 9.59 Å². The number of carbonyl (C=O) groups excluding carboxylic acids is 2. The third kappa shape index (κ3) is 33.9. The van der Waals surface area contributed by atoms with Gasteiger partial charge >= 0.3 is 0 Å². The smallest absolute Gasteiger partial charge is 0.222 e. The SMILES string of the molecule is C=C1N=C(N)C(OC)=CN1[C@@H]1O[C@H](CCP(=C)(C)C)[C@@H](O)[C@H]1O.C=C1N=C(N)C=CN1[C@@H]1C=C(CCP(=C)(C)C)[C@@H](O)[C@H]1O.C=C1N=C(N)C=CN1[C@@H]1O[C@H](CCP(=C)(C)C)[C@@H](O)[C@H]1Br.C=C1N=C(N)C=CN1[C@@H]1O[C@H](CCP(=C)(C)C)[C@@H](O)[C@H]1C.C=C1N=C(NC(C)=O)C=CN1[C@@H]1O[C@H](CCP(=C)(C)C)[C@@H](O)[C@H]1O.C=C1N=C(NC(C)=O)C=CN1[C@@H]1O[C@H](CCP(=C)(C)C)[C@@H](O)[C@H]1OC. The van der Waals surface area contributed by atoms with Crippen LogP contribution in [0, 0.1) is 5.92 Å². The molecule has 23 atom stereocenters. The van der Waals surface area contributed by atoms with Crippen molar-refractivity contribution in [2.24, 2.45) is 58.8 Å². The number of halogens is 1. The Kier molecular flexibility index (Phi) is 41.7. The van der Waals surface area contributed by atoms with Crippen LogP contribution in [-0.4, -0.2) is 425 Å². The van der Waals surface area contributed by atoms with E-state index in [0.29, 0.717) is 82.7 Å². The highest BCUT2D eigenvalue weighted by molar-refractivity contribution is 9.09. The Morgan fingerprint density at radius 3 is 1.11 bits per heavy atom. The molecular weight excluding hydrogens is 1910 g/mol. The number of amidine groups is 6. The molecular formula is C92H153BrN18O18P6. The van der Waals surface area contributed by atoms with Gasteiger partial charge in [0.25, 0.3) is 0 Å². The topological polar surface area (TPSA) is 503 Å². The van der Waals surface area contributed by atoms with Gasteiger partial charge in [0.2, 0.25) is 11.8 Å². The Morgan fingerprint density at radius 1 is 0.415 bits per heavy atom. The molecule has 0 aromatic rings. The van der Waals surface area contributed by atoms with Crippen molar-refractivity contribution >= 4 is 142 Å². The zero-order valence-corrected chi connectivity index (χ0v) is 88.6. The van der Waals surface area contributed by atoms with E-state index < -0.39 is 133 Å². The number of methoxy groups -OCH3 is 2.